The van der Waals surface area contributed by atoms with Crippen LogP contribution in [0.15, 0.2) is 57.7 Å². The lowest BCUT2D eigenvalue weighted by atomic mass is 10.1. The second kappa shape index (κ2) is 6.10. The number of carbonyl (C=O) groups is 1. The normalized spacial score (nSPS) is 17.7. The van der Waals surface area contributed by atoms with E-state index in [-0.39, 0.29) is 10.6 Å². The molecule has 0 radical (unpaired) electrons. The summed E-state index contributed by atoms with van der Waals surface area (Å²) in [6.07, 6.45) is 0.936. The van der Waals surface area contributed by atoms with Crippen molar-refractivity contribution in [1.82, 2.24) is 5.32 Å². The molecule has 0 aliphatic carbocycles. The lowest BCUT2D eigenvalue weighted by molar-refractivity contribution is -0.118. The van der Waals surface area contributed by atoms with Gasteiger partial charge >= 0.3 is 0 Å². The average Bonchev–Trinajstić information content (AvgIpc) is 3.09. The van der Waals surface area contributed by atoms with Gasteiger partial charge in [-0.25, -0.2) is 0 Å². The second-order valence-corrected chi connectivity index (χ2v) is 5.19. The molecule has 7 heteroatoms. The van der Waals surface area contributed by atoms with Gasteiger partial charge in [-0.1, -0.05) is 0 Å². The van der Waals surface area contributed by atoms with Gasteiger partial charge in [-0.05, 0) is 36.4 Å². The van der Waals surface area contributed by atoms with E-state index in [1.54, 1.807) is 36.3 Å². The Bertz CT molecular complexity index is 791. The number of carbonyl (C=O) groups excluding carboxylic acids is 1. The van der Waals surface area contributed by atoms with Crippen molar-refractivity contribution in [3.05, 3.63) is 59.0 Å². The van der Waals surface area contributed by atoms with Crippen LogP contribution >= 0.6 is 12.6 Å². The molecule has 1 N–H and O–H groups in total. The second-order valence-electron chi connectivity index (χ2n) is 4.77. The number of hydrogen-bond acceptors (Lipinski definition) is 6. The SMILES string of the molecule is COc1ccc(N2C(S)=C(C#N)C(=O)N[C@H]2c2ccco2)cc1. The minimum atomic E-state index is -0.588. The van der Waals surface area contributed by atoms with E-state index in [1.807, 2.05) is 18.2 Å². The van der Waals surface area contributed by atoms with Crippen molar-refractivity contribution in [2.75, 3.05) is 12.0 Å². The van der Waals surface area contributed by atoms with Crippen LogP contribution in [0.5, 0.6) is 5.75 Å². The molecule has 0 saturated carbocycles. The predicted octanol–water partition coefficient (Wildman–Crippen LogP) is 2.59. The van der Waals surface area contributed by atoms with E-state index in [0.29, 0.717) is 11.5 Å². The lowest BCUT2D eigenvalue weighted by Crippen LogP contribution is -2.45. The monoisotopic (exact) mass is 327 g/mol. The van der Waals surface area contributed by atoms with E-state index in [9.17, 15) is 10.1 Å². The van der Waals surface area contributed by atoms with Crippen molar-refractivity contribution >= 4 is 24.2 Å². The summed E-state index contributed by atoms with van der Waals surface area (Å²) in [5, 5.41) is 12.2. The van der Waals surface area contributed by atoms with Crippen LogP contribution in [-0.4, -0.2) is 13.0 Å². The van der Waals surface area contributed by atoms with Crippen LogP contribution < -0.4 is 15.0 Å². The van der Waals surface area contributed by atoms with Gasteiger partial charge < -0.3 is 19.4 Å². The number of nitrogens with zero attached hydrogens (tertiary/aromatic N) is 2. The summed E-state index contributed by atoms with van der Waals surface area (Å²) in [6.45, 7) is 0. The number of furan rings is 1. The highest BCUT2D eigenvalue weighted by Gasteiger charge is 2.35. The van der Waals surface area contributed by atoms with Gasteiger partial charge in [-0.15, -0.1) is 12.6 Å². The number of methoxy groups -OCH3 is 1. The van der Waals surface area contributed by atoms with E-state index in [4.69, 9.17) is 9.15 Å². The molecular formula is C16H13N3O3S. The quantitative estimate of drug-likeness (QED) is 0.847. The van der Waals surface area contributed by atoms with E-state index >= 15 is 0 Å². The molecule has 3 rings (SSSR count). The highest BCUT2D eigenvalue weighted by atomic mass is 32.1. The van der Waals surface area contributed by atoms with Gasteiger partial charge in [0.25, 0.3) is 5.91 Å². The lowest BCUT2D eigenvalue weighted by Gasteiger charge is -2.36. The van der Waals surface area contributed by atoms with Crippen LogP contribution in [0.4, 0.5) is 5.69 Å². The zero-order chi connectivity index (χ0) is 16.4. The molecule has 0 fully saturated rings. The minimum Gasteiger partial charge on any atom is -0.497 e. The van der Waals surface area contributed by atoms with Crippen LogP contribution in [0.1, 0.15) is 11.9 Å². The van der Waals surface area contributed by atoms with Gasteiger partial charge in [0.15, 0.2) is 6.17 Å². The molecule has 1 atom stereocenters. The van der Waals surface area contributed by atoms with Gasteiger partial charge in [0.2, 0.25) is 0 Å². The zero-order valence-electron chi connectivity index (χ0n) is 12.2. The smallest absolute Gasteiger partial charge is 0.266 e. The van der Waals surface area contributed by atoms with Crippen LogP contribution in [0.2, 0.25) is 0 Å². The summed E-state index contributed by atoms with van der Waals surface area (Å²) < 4.78 is 10.6. The van der Waals surface area contributed by atoms with Gasteiger partial charge in [0, 0.05) is 5.69 Å². The van der Waals surface area contributed by atoms with Gasteiger partial charge in [-0.2, -0.15) is 5.26 Å². The molecule has 0 saturated heterocycles. The zero-order valence-corrected chi connectivity index (χ0v) is 13.1. The summed E-state index contributed by atoms with van der Waals surface area (Å²) in [4.78, 5) is 13.8. The third-order valence-corrected chi connectivity index (χ3v) is 3.92. The highest BCUT2D eigenvalue weighted by molar-refractivity contribution is 7.84. The van der Waals surface area contributed by atoms with Crippen LogP contribution in [-0.2, 0) is 4.79 Å². The van der Waals surface area contributed by atoms with Crippen LogP contribution in [0.3, 0.4) is 0 Å². The molecule has 1 aliphatic rings. The Morgan fingerprint density at radius 2 is 2.09 bits per heavy atom. The maximum Gasteiger partial charge on any atom is 0.266 e. The molecule has 6 nitrogen and oxygen atoms in total. The van der Waals surface area contributed by atoms with Gasteiger partial charge in [-0.3, -0.25) is 4.79 Å². The van der Waals surface area contributed by atoms with Gasteiger partial charge in [0.05, 0.1) is 18.4 Å². The molecule has 0 bridgehead atoms. The molecule has 116 valence electrons. The third kappa shape index (κ3) is 2.64. The van der Waals surface area contributed by atoms with Gasteiger partial charge in [0.1, 0.15) is 23.2 Å². The summed E-state index contributed by atoms with van der Waals surface area (Å²) in [5.74, 6) is 0.760. The molecule has 0 spiro atoms. The number of anilines is 1. The fraction of sp³-hybridized carbons (Fsp3) is 0.125. The Morgan fingerprint density at radius 1 is 1.35 bits per heavy atom. The Labute approximate surface area is 138 Å². The Hall–Kier alpha value is -2.85. The summed E-state index contributed by atoms with van der Waals surface area (Å²) in [5.41, 5.74) is 0.692. The number of amides is 1. The molecule has 0 unspecified atom stereocenters. The summed E-state index contributed by atoms with van der Waals surface area (Å²) in [7, 11) is 1.58. The predicted molar refractivity (Wildman–Crippen MR) is 86.7 cm³/mol. The molecule has 2 heterocycles. The van der Waals surface area contributed by atoms with Crippen molar-refractivity contribution in [3.8, 4) is 11.8 Å². The maximum absolute atomic E-state index is 12.1. The first-order valence-electron chi connectivity index (χ1n) is 6.76. The van der Waals surface area contributed by atoms with E-state index in [0.717, 1.165) is 5.69 Å². The standard InChI is InChI=1S/C16H13N3O3S/c1-21-11-6-4-10(5-7-11)19-14(13-3-2-8-22-13)18-15(20)12(9-17)16(19)23/h2-8,14,23H,1H3,(H,18,20)/t14-/m1/s1. The fourth-order valence-corrected chi connectivity index (χ4v) is 2.75. The number of ether oxygens (including phenoxy) is 1. The van der Waals surface area contributed by atoms with Crippen LogP contribution in [0.25, 0.3) is 0 Å². The van der Waals surface area contributed by atoms with E-state index < -0.39 is 12.1 Å². The highest BCUT2D eigenvalue weighted by Crippen LogP contribution is 2.36. The number of benzene rings is 1. The number of nitriles is 1. The average molecular weight is 327 g/mol. The van der Waals surface area contributed by atoms with Crippen molar-refractivity contribution in [1.29, 1.82) is 5.26 Å². The summed E-state index contributed by atoms with van der Waals surface area (Å²) in [6, 6.07) is 12.6. The van der Waals surface area contributed by atoms with Crippen molar-refractivity contribution < 1.29 is 13.9 Å². The van der Waals surface area contributed by atoms with E-state index in [2.05, 4.69) is 17.9 Å². The maximum atomic E-state index is 12.1. The van der Waals surface area contributed by atoms with Crippen molar-refractivity contribution in [2.45, 2.75) is 6.17 Å². The number of hydrogen-bond donors (Lipinski definition) is 2. The third-order valence-electron chi connectivity index (χ3n) is 3.48. The molecule has 1 aromatic carbocycles. The fourth-order valence-electron chi connectivity index (χ4n) is 2.37. The molecular weight excluding hydrogens is 314 g/mol. The van der Waals surface area contributed by atoms with Crippen molar-refractivity contribution in [2.24, 2.45) is 0 Å². The number of thiol groups is 1. The molecule has 23 heavy (non-hydrogen) atoms. The molecule has 1 aromatic heterocycles. The molecule has 1 amide bonds. The minimum absolute atomic E-state index is 0.0491. The van der Waals surface area contributed by atoms with Crippen molar-refractivity contribution in [3.63, 3.8) is 0 Å². The number of rotatable bonds is 3. The first-order valence-corrected chi connectivity index (χ1v) is 7.21. The largest absolute Gasteiger partial charge is 0.497 e. The molecule has 1 aliphatic heterocycles. The Kier molecular flexibility index (Phi) is 4.00. The first-order chi connectivity index (χ1) is 11.2. The first kappa shape index (κ1) is 15.1. The van der Waals surface area contributed by atoms with Crippen LogP contribution in [0, 0.1) is 11.3 Å². The van der Waals surface area contributed by atoms with E-state index in [1.165, 1.54) is 6.26 Å². The number of nitrogens with one attached hydrogen (secondary N) is 1. The Balaban J connectivity index is 2.11. The Morgan fingerprint density at radius 3 is 2.65 bits per heavy atom. The molecule has 2 aromatic rings. The topological polar surface area (TPSA) is 78.5 Å². The summed E-state index contributed by atoms with van der Waals surface area (Å²) >= 11 is 4.39.